The molecule has 2 aromatic heterocycles. The van der Waals surface area contributed by atoms with E-state index in [-0.39, 0.29) is 0 Å². The standard InChI is InChI=1S/C23H23N3O2S/c1-14(2)15-5-8-17(9-6-15)26-22-21-18(12-29-23(21)25-13-24-22)16-7-10-19(27-3)20(11-16)28-4/h5-14H,1-4H3,(H,24,25,26). The fourth-order valence-corrected chi connectivity index (χ4v) is 4.19. The number of methoxy groups -OCH3 is 2. The van der Waals surface area contributed by atoms with Crippen LogP contribution in [0, 0.1) is 0 Å². The maximum absolute atomic E-state index is 5.47. The fraction of sp³-hybridized carbons (Fsp3) is 0.217. The van der Waals surface area contributed by atoms with Crippen molar-refractivity contribution in [3.05, 3.63) is 59.7 Å². The molecule has 0 radical (unpaired) electrons. The van der Waals surface area contributed by atoms with E-state index in [2.05, 4.69) is 58.8 Å². The average molecular weight is 406 g/mol. The molecule has 0 saturated carbocycles. The maximum Gasteiger partial charge on any atom is 0.161 e. The molecule has 2 heterocycles. The van der Waals surface area contributed by atoms with Crippen molar-refractivity contribution >= 4 is 33.1 Å². The van der Waals surface area contributed by atoms with E-state index in [0.717, 1.165) is 32.8 Å². The molecular formula is C23H23N3O2S. The van der Waals surface area contributed by atoms with Crippen molar-refractivity contribution in [1.82, 2.24) is 9.97 Å². The van der Waals surface area contributed by atoms with E-state index >= 15 is 0 Å². The normalized spacial score (nSPS) is 11.1. The zero-order chi connectivity index (χ0) is 20.4. The van der Waals surface area contributed by atoms with Crippen LogP contribution < -0.4 is 14.8 Å². The highest BCUT2D eigenvalue weighted by Crippen LogP contribution is 2.40. The molecule has 4 aromatic rings. The number of rotatable bonds is 6. The van der Waals surface area contributed by atoms with Gasteiger partial charge in [0, 0.05) is 16.6 Å². The van der Waals surface area contributed by atoms with Gasteiger partial charge in [-0.25, -0.2) is 9.97 Å². The zero-order valence-corrected chi connectivity index (χ0v) is 17.7. The van der Waals surface area contributed by atoms with Crippen molar-refractivity contribution in [3.8, 4) is 22.6 Å². The lowest BCUT2D eigenvalue weighted by molar-refractivity contribution is 0.355. The quantitative estimate of drug-likeness (QED) is 0.411. The van der Waals surface area contributed by atoms with Crippen LogP contribution in [0.2, 0.25) is 0 Å². The number of benzene rings is 2. The van der Waals surface area contributed by atoms with Crippen LogP contribution in [0.15, 0.2) is 54.2 Å². The Labute approximate surface area is 174 Å². The highest BCUT2D eigenvalue weighted by atomic mass is 32.1. The molecule has 0 aliphatic carbocycles. The Bertz CT molecular complexity index is 1140. The summed E-state index contributed by atoms with van der Waals surface area (Å²) >= 11 is 1.60. The minimum Gasteiger partial charge on any atom is -0.493 e. The first kappa shape index (κ1) is 19.2. The van der Waals surface area contributed by atoms with Crippen LogP contribution in [0.3, 0.4) is 0 Å². The van der Waals surface area contributed by atoms with E-state index in [1.807, 2.05) is 18.2 Å². The van der Waals surface area contributed by atoms with Crippen LogP contribution >= 0.6 is 11.3 Å². The van der Waals surface area contributed by atoms with Gasteiger partial charge in [-0.3, -0.25) is 0 Å². The second-order valence-electron chi connectivity index (χ2n) is 7.02. The van der Waals surface area contributed by atoms with E-state index in [1.165, 1.54) is 5.56 Å². The summed E-state index contributed by atoms with van der Waals surface area (Å²) < 4.78 is 10.8. The Hall–Kier alpha value is -3.12. The predicted octanol–water partition coefficient (Wildman–Crippen LogP) is 6.24. The molecule has 4 rings (SSSR count). The Morgan fingerprint density at radius 3 is 2.38 bits per heavy atom. The van der Waals surface area contributed by atoms with Crippen LogP contribution in [-0.4, -0.2) is 24.2 Å². The van der Waals surface area contributed by atoms with Crippen LogP contribution in [0.4, 0.5) is 11.5 Å². The predicted molar refractivity (Wildman–Crippen MR) is 120 cm³/mol. The zero-order valence-electron chi connectivity index (χ0n) is 16.9. The molecule has 148 valence electrons. The molecule has 0 atom stereocenters. The molecule has 5 nitrogen and oxygen atoms in total. The first-order valence-corrected chi connectivity index (χ1v) is 10.3. The molecule has 1 N–H and O–H groups in total. The van der Waals surface area contributed by atoms with E-state index < -0.39 is 0 Å². The smallest absolute Gasteiger partial charge is 0.161 e. The summed E-state index contributed by atoms with van der Waals surface area (Å²) in [4.78, 5) is 9.91. The lowest BCUT2D eigenvalue weighted by Gasteiger charge is -2.12. The number of anilines is 2. The lowest BCUT2D eigenvalue weighted by atomic mass is 10.0. The van der Waals surface area contributed by atoms with Gasteiger partial charge in [-0.15, -0.1) is 11.3 Å². The second kappa shape index (κ2) is 8.09. The summed E-state index contributed by atoms with van der Waals surface area (Å²) in [5.41, 5.74) is 4.40. The lowest BCUT2D eigenvalue weighted by Crippen LogP contribution is -1.96. The number of nitrogens with zero attached hydrogens (tertiary/aromatic N) is 2. The Kier molecular flexibility index (Phi) is 5.36. The van der Waals surface area contributed by atoms with Gasteiger partial charge in [0.1, 0.15) is 17.0 Å². The molecule has 0 saturated heterocycles. The van der Waals surface area contributed by atoms with Crippen LogP contribution in [0.1, 0.15) is 25.3 Å². The highest BCUT2D eigenvalue weighted by molar-refractivity contribution is 7.17. The number of hydrogen-bond donors (Lipinski definition) is 1. The Balaban J connectivity index is 1.76. The fourth-order valence-electron chi connectivity index (χ4n) is 3.27. The molecule has 2 aromatic carbocycles. The van der Waals surface area contributed by atoms with Gasteiger partial charge in [-0.1, -0.05) is 32.0 Å². The van der Waals surface area contributed by atoms with E-state index in [4.69, 9.17) is 9.47 Å². The second-order valence-corrected chi connectivity index (χ2v) is 7.88. The van der Waals surface area contributed by atoms with Crippen molar-refractivity contribution in [3.63, 3.8) is 0 Å². The van der Waals surface area contributed by atoms with E-state index in [9.17, 15) is 0 Å². The van der Waals surface area contributed by atoms with Gasteiger partial charge in [0.15, 0.2) is 11.5 Å². The maximum atomic E-state index is 5.47. The van der Waals surface area contributed by atoms with Crippen molar-refractivity contribution < 1.29 is 9.47 Å². The number of thiophene rings is 1. The molecule has 0 aliphatic rings. The molecule has 0 aliphatic heterocycles. The number of nitrogens with one attached hydrogen (secondary N) is 1. The largest absolute Gasteiger partial charge is 0.493 e. The van der Waals surface area contributed by atoms with Crippen molar-refractivity contribution in [2.24, 2.45) is 0 Å². The third kappa shape index (κ3) is 3.76. The summed E-state index contributed by atoms with van der Waals surface area (Å²) in [5.74, 6) is 2.69. The first-order chi connectivity index (χ1) is 14.1. The summed E-state index contributed by atoms with van der Waals surface area (Å²) in [7, 11) is 3.28. The number of aromatic nitrogens is 2. The van der Waals surface area contributed by atoms with Crippen LogP contribution in [0.25, 0.3) is 21.3 Å². The van der Waals surface area contributed by atoms with Crippen LogP contribution in [-0.2, 0) is 0 Å². The van der Waals surface area contributed by atoms with Gasteiger partial charge in [0.25, 0.3) is 0 Å². The van der Waals surface area contributed by atoms with E-state index in [0.29, 0.717) is 17.4 Å². The Morgan fingerprint density at radius 1 is 0.931 bits per heavy atom. The molecular weight excluding hydrogens is 382 g/mol. The number of hydrogen-bond acceptors (Lipinski definition) is 6. The summed E-state index contributed by atoms with van der Waals surface area (Å²) in [6.45, 7) is 4.38. The summed E-state index contributed by atoms with van der Waals surface area (Å²) in [5, 5.41) is 6.56. The summed E-state index contributed by atoms with van der Waals surface area (Å²) in [6.07, 6.45) is 1.60. The first-order valence-electron chi connectivity index (χ1n) is 9.42. The van der Waals surface area contributed by atoms with Gasteiger partial charge >= 0.3 is 0 Å². The van der Waals surface area contributed by atoms with Crippen molar-refractivity contribution in [2.45, 2.75) is 19.8 Å². The van der Waals surface area contributed by atoms with Gasteiger partial charge in [-0.2, -0.15) is 0 Å². The highest BCUT2D eigenvalue weighted by Gasteiger charge is 2.15. The van der Waals surface area contributed by atoms with Crippen molar-refractivity contribution in [1.29, 1.82) is 0 Å². The van der Waals surface area contributed by atoms with E-state index in [1.54, 1.807) is 31.9 Å². The Morgan fingerprint density at radius 2 is 1.69 bits per heavy atom. The topological polar surface area (TPSA) is 56.3 Å². The van der Waals surface area contributed by atoms with Crippen molar-refractivity contribution in [2.75, 3.05) is 19.5 Å². The molecule has 6 heteroatoms. The molecule has 0 bridgehead atoms. The molecule has 0 amide bonds. The van der Waals surface area contributed by atoms with Crippen LogP contribution in [0.5, 0.6) is 11.5 Å². The van der Waals surface area contributed by atoms with Gasteiger partial charge in [0.2, 0.25) is 0 Å². The monoisotopic (exact) mass is 405 g/mol. The number of fused-ring (bicyclic) bond motifs is 1. The van der Waals surface area contributed by atoms with Gasteiger partial charge in [-0.05, 0) is 41.3 Å². The minimum absolute atomic E-state index is 0.503. The third-order valence-corrected chi connectivity index (χ3v) is 5.79. The molecule has 0 spiro atoms. The summed E-state index contributed by atoms with van der Waals surface area (Å²) in [6, 6.07) is 14.4. The number of ether oxygens (including phenoxy) is 2. The average Bonchev–Trinajstić information content (AvgIpc) is 3.19. The SMILES string of the molecule is COc1ccc(-c2csc3ncnc(Nc4ccc(C(C)C)cc4)c23)cc1OC. The minimum atomic E-state index is 0.503. The molecule has 0 unspecified atom stereocenters. The van der Waals surface area contributed by atoms with Gasteiger partial charge in [0.05, 0.1) is 19.6 Å². The molecule has 29 heavy (non-hydrogen) atoms. The van der Waals surface area contributed by atoms with Gasteiger partial charge < -0.3 is 14.8 Å². The molecule has 0 fully saturated rings. The third-order valence-electron chi connectivity index (χ3n) is 4.90.